The van der Waals surface area contributed by atoms with E-state index < -0.39 is 0 Å². The minimum atomic E-state index is 0. The zero-order valence-electron chi connectivity index (χ0n) is 14.4. The summed E-state index contributed by atoms with van der Waals surface area (Å²) in [5.41, 5.74) is 18.8. The SMILES string of the molecule is C.CCc1cccc(CC)c1N.CCc1cccc(CC)c1N. The molecule has 0 bridgehead atoms. The van der Waals surface area contributed by atoms with Crippen LogP contribution in [0.4, 0.5) is 11.4 Å². The van der Waals surface area contributed by atoms with Crippen molar-refractivity contribution in [2.24, 2.45) is 0 Å². The molecule has 0 aliphatic rings. The monoisotopic (exact) mass is 314 g/mol. The first kappa shape index (κ1) is 21.0. The summed E-state index contributed by atoms with van der Waals surface area (Å²) in [6.07, 6.45) is 4.11. The van der Waals surface area contributed by atoms with E-state index in [9.17, 15) is 0 Å². The standard InChI is InChI=1S/2C10H15N.CH4/c2*1-3-8-6-5-7-9(4-2)10(8)11;/h2*5-7H,3-4,11H2,1-2H3;1H4. The number of anilines is 2. The maximum atomic E-state index is 5.90. The minimum absolute atomic E-state index is 0. The van der Waals surface area contributed by atoms with Crippen LogP contribution >= 0.6 is 0 Å². The number of rotatable bonds is 4. The van der Waals surface area contributed by atoms with Gasteiger partial charge in [0.05, 0.1) is 0 Å². The smallest absolute Gasteiger partial charge is 0.0378 e. The molecule has 0 heterocycles. The van der Waals surface area contributed by atoms with Crippen LogP contribution in [0, 0.1) is 0 Å². The Morgan fingerprint density at radius 3 is 0.957 bits per heavy atom. The zero-order chi connectivity index (χ0) is 16.5. The Labute approximate surface area is 142 Å². The van der Waals surface area contributed by atoms with E-state index in [4.69, 9.17) is 11.5 Å². The molecule has 0 fully saturated rings. The summed E-state index contributed by atoms with van der Waals surface area (Å²) in [5.74, 6) is 0. The molecule has 0 saturated heterocycles. The third-order valence-electron chi connectivity index (χ3n) is 4.10. The summed E-state index contributed by atoms with van der Waals surface area (Å²) in [6, 6.07) is 12.5. The van der Waals surface area contributed by atoms with Gasteiger partial charge in [0.1, 0.15) is 0 Å². The molecule has 2 heteroatoms. The fraction of sp³-hybridized carbons (Fsp3) is 0.429. The van der Waals surface area contributed by atoms with E-state index in [0.29, 0.717) is 0 Å². The van der Waals surface area contributed by atoms with Gasteiger partial charge in [-0.3, -0.25) is 0 Å². The number of benzene rings is 2. The molecule has 23 heavy (non-hydrogen) atoms. The number of nitrogen functional groups attached to an aromatic ring is 2. The van der Waals surface area contributed by atoms with Crippen molar-refractivity contribution in [2.45, 2.75) is 60.8 Å². The second-order valence-electron chi connectivity index (χ2n) is 5.39. The Morgan fingerprint density at radius 1 is 0.565 bits per heavy atom. The summed E-state index contributed by atoms with van der Waals surface area (Å²) in [7, 11) is 0. The molecule has 2 rings (SSSR count). The number of hydrogen-bond acceptors (Lipinski definition) is 2. The van der Waals surface area contributed by atoms with Crippen LogP contribution in [0.15, 0.2) is 36.4 Å². The molecule has 0 radical (unpaired) electrons. The Balaban J connectivity index is 0.000000403. The van der Waals surface area contributed by atoms with E-state index in [-0.39, 0.29) is 7.43 Å². The molecular weight excluding hydrogens is 280 g/mol. The summed E-state index contributed by atoms with van der Waals surface area (Å²) < 4.78 is 0. The maximum absolute atomic E-state index is 5.90. The highest BCUT2D eigenvalue weighted by atomic mass is 14.6. The van der Waals surface area contributed by atoms with Gasteiger partial charge in [0.15, 0.2) is 0 Å². The topological polar surface area (TPSA) is 52.0 Å². The lowest BCUT2D eigenvalue weighted by molar-refractivity contribution is 1.09. The highest BCUT2D eigenvalue weighted by Crippen LogP contribution is 2.18. The normalized spacial score (nSPS) is 9.57. The quantitative estimate of drug-likeness (QED) is 0.740. The fourth-order valence-corrected chi connectivity index (χ4v) is 2.57. The molecule has 128 valence electrons. The van der Waals surface area contributed by atoms with Crippen LogP contribution in [0.25, 0.3) is 0 Å². The number of hydrogen-bond donors (Lipinski definition) is 2. The molecular formula is C21H34N2. The molecule has 2 nitrogen and oxygen atoms in total. The van der Waals surface area contributed by atoms with Crippen molar-refractivity contribution in [3.05, 3.63) is 58.7 Å². The van der Waals surface area contributed by atoms with Crippen LogP contribution in [-0.2, 0) is 25.7 Å². The van der Waals surface area contributed by atoms with Gasteiger partial charge in [-0.25, -0.2) is 0 Å². The molecule has 2 aromatic carbocycles. The third kappa shape index (κ3) is 5.63. The maximum Gasteiger partial charge on any atom is 0.0378 e. The highest BCUT2D eigenvalue weighted by molar-refractivity contribution is 5.54. The summed E-state index contributed by atoms with van der Waals surface area (Å²) >= 11 is 0. The average molecular weight is 315 g/mol. The van der Waals surface area contributed by atoms with Crippen molar-refractivity contribution in [3.63, 3.8) is 0 Å². The molecule has 0 atom stereocenters. The van der Waals surface area contributed by atoms with E-state index in [1.807, 2.05) is 0 Å². The van der Waals surface area contributed by atoms with Crippen molar-refractivity contribution < 1.29 is 0 Å². The molecule has 0 unspecified atom stereocenters. The van der Waals surface area contributed by atoms with E-state index in [1.54, 1.807) is 0 Å². The number of nitrogens with two attached hydrogens (primary N) is 2. The van der Waals surface area contributed by atoms with Gasteiger partial charge in [0, 0.05) is 11.4 Å². The van der Waals surface area contributed by atoms with Crippen molar-refractivity contribution in [2.75, 3.05) is 11.5 Å². The van der Waals surface area contributed by atoms with Gasteiger partial charge in [-0.15, -0.1) is 0 Å². The van der Waals surface area contributed by atoms with E-state index >= 15 is 0 Å². The van der Waals surface area contributed by atoms with Gasteiger partial charge in [-0.05, 0) is 47.9 Å². The van der Waals surface area contributed by atoms with Gasteiger partial charge < -0.3 is 11.5 Å². The van der Waals surface area contributed by atoms with E-state index in [2.05, 4.69) is 64.1 Å². The predicted molar refractivity (Wildman–Crippen MR) is 106 cm³/mol. The molecule has 0 amide bonds. The first-order valence-electron chi connectivity index (χ1n) is 8.31. The minimum Gasteiger partial charge on any atom is -0.398 e. The lowest BCUT2D eigenvalue weighted by Gasteiger charge is -2.06. The highest BCUT2D eigenvalue weighted by Gasteiger charge is 2.00. The first-order chi connectivity index (χ1) is 10.6. The van der Waals surface area contributed by atoms with Crippen LogP contribution in [0.5, 0.6) is 0 Å². The first-order valence-corrected chi connectivity index (χ1v) is 8.31. The van der Waals surface area contributed by atoms with Gasteiger partial charge in [0.2, 0.25) is 0 Å². The average Bonchev–Trinajstić information content (AvgIpc) is 2.56. The lowest BCUT2D eigenvalue weighted by Crippen LogP contribution is -1.97. The van der Waals surface area contributed by atoms with Crippen LogP contribution in [0.2, 0.25) is 0 Å². The Hall–Kier alpha value is -1.96. The van der Waals surface area contributed by atoms with Gasteiger partial charge in [0.25, 0.3) is 0 Å². The van der Waals surface area contributed by atoms with Crippen LogP contribution in [0.3, 0.4) is 0 Å². The Kier molecular flexibility index (Phi) is 9.80. The number of aryl methyl sites for hydroxylation is 4. The van der Waals surface area contributed by atoms with E-state index in [1.165, 1.54) is 22.3 Å². The van der Waals surface area contributed by atoms with E-state index in [0.717, 1.165) is 37.1 Å². The zero-order valence-corrected chi connectivity index (χ0v) is 14.4. The molecule has 0 spiro atoms. The van der Waals surface area contributed by atoms with Crippen molar-refractivity contribution >= 4 is 11.4 Å². The van der Waals surface area contributed by atoms with Crippen molar-refractivity contribution in [1.29, 1.82) is 0 Å². The predicted octanol–water partition coefficient (Wildman–Crippen LogP) is 5.42. The summed E-state index contributed by atoms with van der Waals surface area (Å²) in [6.45, 7) is 8.52. The molecule has 0 aliphatic carbocycles. The van der Waals surface area contributed by atoms with Crippen molar-refractivity contribution in [1.82, 2.24) is 0 Å². The Morgan fingerprint density at radius 2 is 0.783 bits per heavy atom. The molecule has 0 aliphatic heterocycles. The molecule has 4 N–H and O–H groups in total. The van der Waals surface area contributed by atoms with Crippen molar-refractivity contribution in [3.8, 4) is 0 Å². The molecule has 0 aromatic heterocycles. The Bertz CT molecular complexity index is 490. The molecule has 0 saturated carbocycles. The van der Waals surface area contributed by atoms with Crippen LogP contribution in [-0.4, -0.2) is 0 Å². The molecule has 2 aromatic rings. The lowest BCUT2D eigenvalue weighted by atomic mass is 10.0. The van der Waals surface area contributed by atoms with Crippen LogP contribution < -0.4 is 11.5 Å². The largest absolute Gasteiger partial charge is 0.398 e. The summed E-state index contributed by atoms with van der Waals surface area (Å²) in [4.78, 5) is 0. The van der Waals surface area contributed by atoms with Gasteiger partial charge in [-0.2, -0.15) is 0 Å². The second-order valence-corrected chi connectivity index (χ2v) is 5.39. The van der Waals surface area contributed by atoms with Crippen LogP contribution in [0.1, 0.15) is 57.4 Å². The fourth-order valence-electron chi connectivity index (χ4n) is 2.57. The third-order valence-corrected chi connectivity index (χ3v) is 4.10. The number of para-hydroxylation sites is 2. The van der Waals surface area contributed by atoms with Gasteiger partial charge in [-0.1, -0.05) is 71.5 Å². The van der Waals surface area contributed by atoms with Gasteiger partial charge >= 0.3 is 0 Å². The summed E-state index contributed by atoms with van der Waals surface area (Å²) in [5, 5.41) is 0. The second kappa shape index (κ2) is 10.7.